The van der Waals surface area contributed by atoms with Crippen molar-refractivity contribution < 1.29 is 13.2 Å². The summed E-state index contributed by atoms with van der Waals surface area (Å²) in [6, 6.07) is 6.93. The minimum Gasteiger partial charge on any atom is -0.326 e. The van der Waals surface area contributed by atoms with E-state index in [4.69, 9.17) is 0 Å². The number of rotatable bonds is 8. The molecule has 0 bridgehead atoms. The van der Waals surface area contributed by atoms with Gasteiger partial charge in [0, 0.05) is 30.4 Å². The third-order valence-corrected chi connectivity index (χ3v) is 4.03. The van der Waals surface area contributed by atoms with Gasteiger partial charge in [0.1, 0.15) is 0 Å². The SMILES string of the molecule is CCS(=O)(=O)Nc1ccc(NC(=O)CCNC(C)C)cc1. The summed E-state index contributed by atoms with van der Waals surface area (Å²) >= 11 is 0. The van der Waals surface area contributed by atoms with Gasteiger partial charge in [-0.15, -0.1) is 0 Å². The first-order chi connectivity index (χ1) is 9.82. The Morgan fingerprint density at radius 3 is 2.24 bits per heavy atom. The molecule has 0 aliphatic heterocycles. The van der Waals surface area contributed by atoms with E-state index in [2.05, 4.69) is 15.4 Å². The van der Waals surface area contributed by atoms with Gasteiger partial charge in [0.25, 0.3) is 0 Å². The molecule has 7 heteroatoms. The van der Waals surface area contributed by atoms with Gasteiger partial charge in [0.05, 0.1) is 5.75 Å². The van der Waals surface area contributed by atoms with Crippen molar-refractivity contribution in [2.24, 2.45) is 0 Å². The van der Waals surface area contributed by atoms with Crippen LogP contribution in [0, 0.1) is 0 Å². The van der Waals surface area contributed by atoms with Crippen molar-refractivity contribution in [3.8, 4) is 0 Å². The molecular formula is C14H23N3O3S. The second kappa shape index (κ2) is 7.99. The van der Waals surface area contributed by atoms with Crippen molar-refractivity contribution in [1.29, 1.82) is 0 Å². The molecule has 0 spiro atoms. The Morgan fingerprint density at radius 1 is 1.14 bits per heavy atom. The number of carbonyl (C=O) groups is 1. The zero-order chi connectivity index (χ0) is 15.9. The molecule has 6 nitrogen and oxygen atoms in total. The van der Waals surface area contributed by atoms with Crippen molar-refractivity contribution in [1.82, 2.24) is 5.32 Å². The van der Waals surface area contributed by atoms with Gasteiger partial charge < -0.3 is 10.6 Å². The molecule has 0 aliphatic carbocycles. The number of hydrogen-bond donors (Lipinski definition) is 3. The average Bonchev–Trinajstić information content (AvgIpc) is 2.40. The summed E-state index contributed by atoms with van der Waals surface area (Å²) in [5, 5.41) is 5.93. The quantitative estimate of drug-likeness (QED) is 0.682. The molecule has 118 valence electrons. The number of hydrogen-bond acceptors (Lipinski definition) is 4. The molecule has 3 N–H and O–H groups in total. The predicted octanol–water partition coefficient (Wildman–Crippen LogP) is 1.77. The summed E-state index contributed by atoms with van der Waals surface area (Å²) in [5.74, 6) is -0.0565. The van der Waals surface area contributed by atoms with E-state index in [1.54, 1.807) is 31.2 Å². The van der Waals surface area contributed by atoms with E-state index < -0.39 is 10.0 Å². The number of sulfonamides is 1. The smallest absolute Gasteiger partial charge is 0.232 e. The Morgan fingerprint density at radius 2 is 1.71 bits per heavy atom. The van der Waals surface area contributed by atoms with Crippen LogP contribution in [0.2, 0.25) is 0 Å². The van der Waals surface area contributed by atoms with Crippen LogP contribution in [0.4, 0.5) is 11.4 Å². The largest absolute Gasteiger partial charge is 0.326 e. The lowest BCUT2D eigenvalue weighted by Crippen LogP contribution is -2.27. The van der Waals surface area contributed by atoms with Crippen molar-refractivity contribution >= 4 is 27.3 Å². The molecule has 0 atom stereocenters. The number of carbonyl (C=O) groups excluding carboxylic acids is 1. The molecule has 0 radical (unpaired) electrons. The molecule has 0 unspecified atom stereocenters. The van der Waals surface area contributed by atoms with Crippen LogP contribution < -0.4 is 15.4 Å². The van der Waals surface area contributed by atoms with Gasteiger partial charge in [-0.2, -0.15) is 0 Å². The summed E-state index contributed by atoms with van der Waals surface area (Å²) < 4.78 is 25.3. The first kappa shape index (κ1) is 17.5. The van der Waals surface area contributed by atoms with E-state index in [1.807, 2.05) is 13.8 Å². The molecule has 1 aromatic carbocycles. The van der Waals surface area contributed by atoms with E-state index in [9.17, 15) is 13.2 Å². The fourth-order valence-corrected chi connectivity index (χ4v) is 2.21. The Bertz CT molecular complexity index is 553. The Kier molecular flexibility index (Phi) is 6.64. The van der Waals surface area contributed by atoms with Gasteiger partial charge in [-0.25, -0.2) is 8.42 Å². The molecule has 1 aromatic rings. The van der Waals surface area contributed by atoms with Gasteiger partial charge in [0.2, 0.25) is 15.9 Å². The number of anilines is 2. The maximum atomic E-state index is 11.7. The minimum atomic E-state index is -3.27. The first-order valence-electron chi connectivity index (χ1n) is 6.96. The Hall–Kier alpha value is -1.60. The van der Waals surface area contributed by atoms with E-state index in [0.717, 1.165) is 0 Å². The Balaban J connectivity index is 2.49. The number of benzene rings is 1. The monoisotopic (exact) mass is 313 g/mol. The Labute approximate surface area is 126 Å². The molecular weight excluding hydrogens is 290 g/mol. The highest BCUT2D eigenvalue weighted by Crippen LogP contribution is 2.15. The fourth-order valence-electron chi connectivity index (χ4n) is 1.57. The second-order valence-electron chi connectivity index (χ2n) is 4.99. The highest BCUT2D eigenvalue weighted by Gasteiger charge is 2.07. The molecule has 21 heavy (non-hydrogen) atoms. The van der Waals surface area contributed by atoms with Crippen molar-refractivity contribution in [3.63, 3.8) is 0 Å². The summed E-state index contributed by atoms with van der Waals surface area (Å²) in [5.41, 5.74) is 1.13. The topological polar surface area (TPSA) is 87.3 Å². The summed E-state index contributed by atoms with van der Waals surface area (Å²) in [6.45, 7) is 6.24. The van der Waals surface area contributed by atoms with E-state index >= 15 is 0 Å². The number of amides is 1. The molecule has 0 aromatic heterocycles. The highest BCUT2D eigenvalue weighted by molar-refractivity contribution is 7.92. The average molecular weight is 313 g/mol. The van der Waals surface area contributed by atoms with Crippen molar-refractivity contribution in [2.45, 2.75) is 33.2 Å². The molecule has 0 aliphatic rings. The van der Waals surface area contributed by atoms with Gasteiger partial charge in [-0.05, 0) is 31.2 Å². The lowest BCUT2D eigenvalue weighted by atomic mass is 10.2. The van der Waals surface area contributed by atoms with Gasteiger partial charge in [-0.1, -0.05) is 13.8 Å². The maximum Gasteiger partial charge on any atom is 0.232 e. The van der Waals surface area contributed by atoms with Crippen LogP contribution in [-0.2, 0) is 14.8 Å². The maximum absolute atomic E-state index is 11.7. The molecule has 0 saturated carbocycles. The van der Waals surface area contributed by atoms with Crippen LogP contribution in [0.15, 0.2) is 24.3 Å². The molecule has 1 amide bonds. The molecule has 0 fully saturated rings. The van der Waals surface area contributed by atoms with Crippen LogP contribution in [0.5, 0.6) is 0 Å². The third kappa shape index (κ3) is 7.10. The van der Waals surface area contributed by atoms with Crippen LogP contribution in [0.3, 0.4) is 0 Å². The van der Waals surface area contributed by atoms with Gasteiger partial charge in [-0.3, -0.25) is 9.52 Å². The summed E-state index contributed by atoms with van der Waals surface area (Å²) in [7, 11) is -3.27. The van der Waals surface area contributed by atoms with Crippen LogP contribution in [-0.4, -0.2) is 32.7 Å². The summed E-state index contributed by atoms with van der Waals surface area (Å²) in [4.78, 5) is 11.7. The van der Waals surface area contributed by atoms with Crippen LogP contribution in [0.1, 0.15) is 27.2 Å². The minimum absolute atomic E-state index is 0.0222. The highest BCUT2D eigenvalue weighted by atomic mass is 32.2. The first-order valence-corrected chi connectivity index (χ1v) is 8.61. The van der Waals surface area contributed by atoms with Crippen LogP contribution >= 0.6 is 0 Å². The molecule has 0 saturated heterocycles. The second-order valence-corrected chi connectivity index (χ2v) is 7.00. The standard InChI is InChI=1S/C14H23N3O3S/c1-4-21(19,20)17-13-7-5-12(6-8-13)16-14(18)9-10-15-11(2)3/h5-8,11,15,17H,4,9-10H2,1-3H3,(H,16,18). The predicted molar refractivity (Wildman–Crippen MR) is 85.9 cm³/mol. The third-order valence-electron chi connectivity index (χ3n) is 2.73. The zero-order valence-corrected chi connectivity index (χ0v) is 13.5. The molecule has 0 heterocycles. The van der Waals surface area contributed by atoms with Gasteiger partial charge in [0.15, 0.2) is 0 Å². The lowest BCUT2D eigenvalue weighted by Gasteiger charge is -2.10. The number of nitrogens with one attached hydrogen (secondary N) is 3. The van der Waals surface area contributed by atoms with E-state index in [0.29, 0.717) is 30.4 Å². The summed E-state index contributed by atoms with van der Waals surface area (Å²) in [6.07, 6.45) is 0.391. The normalized spacial score (nSPS) is 11.4. The van der Waals surface area contributed by atoms with E-state index in [1.165, 1.54) is 0 Å². The zero-order valence-electron chi connectivity index (χ0n) is 12.6. The fraction of sp³-hybridized carbons (Fsp3) is 0.500. The van der Waals surface area contributed by atoms with Crippen molar-refractivity contribution in [2.75, 3.05) is 22.3 Å². The van der Waals surface area contributed by atoms with Crippen LogP contribution in [0.25, 0.3) is 0 Å². The van der Waals surface area contributed by atoms with E-state index in [-0.39, 0.29) is 11.7 Å². The van der Waals surface area contributed by atoms with Gasteiger partial charge >= 0.3 is 0 Å². The molecule has 1 rings (SSSR count). The lowest BCUT2D eigenvalue weighted by molar-refractivity contribution is -0.116. The van der Waals surface area contributed by atoms with Crippen molar-refractivity contribution in [3.05, 3.63) is 24.3 Å².